The lowest BCUT2D eigenvalue weighted by atomic mass is 10.1. The van der Waals surface area contributed by atoms with Gasteiger partial charge < -0.3 is 19.1 Å². The molecular formula is C30H36N4O4S. The first-order chi connectivity index (χ1) is 19.1. The fourth-order valence-electron chi connectivity index (χ4n) is 4.90. The Labute approximate surface area is 233 Å². The van der Waals surface area contributed by atoms with Gasteiger partial charge in [-0.05, 0) is 30.2 Å². The van der Waals surface area contributed by atoms with Crippen LogP contribution in [0.4, 0.5) is 0 Å². The number of hydrogen-bond acceptors (Lipinski definition) is 7. The summed E-state index contributed by atoms with van der Waals surface area (Å²) in [4.78, 5) is 23.6. The predicted octanol–water partition coefficient (Wildman–Crippen LogP) is 4.42. The van der Waals surface area contributed by atoms with Gasteiger partial charge in [0.05, 0.1) is 33.1 Å². The minimum atomic E-state index is 0.200. The number of nitrogens with zero attached hydrogens (tertiary/aromatic N) is 4. The molecule has 3 heterocycles. The number of thiazole rings is 1. The van der Waals surface area contributed by atoms with Crippen molar-refractivity contribution in [1.29, 1.82) is 0 Å². The van der Waals surface area contributed by atoms with Gasteiger partial charge in [0, 0.05) is 68.4 Å². The standard InChI is InChI=1S/C30H36N4O4S/c1-36-25-9-10-28(37-2)26(20-25)27-21-34-24(22-39-30(34)31-27)12-13-33(15-14-32-16-18-38-19-17-32)29(35)11-8-23-6-4-3-5-7-23/h3-7,9-10,20-22H,8,11-19H2,1-2H3. The number of rotatable bonds is 12. The first-order valence-corrected chi connectivity index (χ1v) is 14.3. The number of imidazole rings is 1. The summed E-state index contributed by atoms with van der Waals surface area (Å²) in [6.07, 6.45) is 4.07. The first-order valence-electron chi connectivity index (χ1n) is 13.4. The van der Waals surface area contributed by atoms with Crippen LogP contribution in [0.1, 0.15) is 17.7 Å². The van der Waals surface area contributed by atoms with Crippen molar-refractivity contribution in [3.05, 3.63) is 71.4 Å². The minimum absolute atomic E-state index is 0.200. The fourth-order valence-corrected chi connectivity index (χ4v) is 5.81. The molecule has 1 fully saturated rings. The van der Waals surface area contributed by atoms with E-state index in [0.717, 1.165) is 85.6 Å². The number of benzene rings is 2. The molecule has 0 atom stereocenters. The van der Waals surface area contributed by atoms with Crippen LogP contribution in [0.5, 0.6) is 11.5 Å². The van der Waals surface area contributed by atoms with E-state index >= 15 is 0 Å². The number of amides is 1. The predicted molar refractivity (Wildman–Crippen MR) is 154 cm³/mol. The summed E-state index contributed by atoms with van der Waals surface area (Å²) in [5, 5.41) is 2.14. The Morgan fingerprint density at radius 3 is 2.64 bits per heavy atom. The second kappa shape index (κ2) is 13.1. The van der Waals surface area contributed by atoms with E-state index in [0.29, 0.717) is 13.0 Å². The van der Waals surface area contributed by atoms with Crippen LogP contribution in [0.2, 0.25) is 0 Å². The van der Waals surface area contributed by atoms with Gasteiger partial charge in [-0.3, -0.25) is 14.1 Å². The smallest absolute Gasteiger partial charge is 0.222 e. The molecule has 0 aliphatic carbocycles. The average Bonchev–Trinajstić information content (AvgIpc) is 3.58. The van der Waals surface area contributed by atoms with E-state index in [1.165, 1.54) is 5.56 Å². The van der Waals surface area contributed by atoms with E-state index in [-0.39, 0.29) is 5.91 Å². The number of ether oxygens (including phenoxy) is 3. The van der Waals surface area contributed by atoms with Crippen LogP contribution in [0.3, 0.4) is 0 Å². The SMILES string of the molecule is COc1ccc(OC)c(-c2cn3c(CCN(CCN4CCOCC4)C(=O)CCc4ccccc4)csc3n2)c1. The molecule has 0 N–H and O–H groups in total. The summed E-state index contributed by atoms with van der Waals surface area (Å²) in [5.41, 5.74) is 4.06. The number of morpholine rings is 1. The Kier molecular flexibility index (Phi) is 9.13. The Morgan fingerprint density at radius 2 is 1.87 bits per heavy atom. The highest BCUT2D eigenvalue weighted by atomic mass is 32.1. The van der Waals surface area contributed by atoms with Crippen LogP contribution >= 0.6 is 11.3 Å². The van der Waals surface area contributed by atoms with Gasteiger partial charge in [-0.15, -0.1) is 11.3 Å². The van der Waals surface area contributed by atoms with Gasteiger partial charge >= 0.3 is 0 Å². The number of carbonyl (C=O) groups is 1. The Hall–Kier alpha value is -3.40. The van der Waals surface area contributed by atoms with Crippen LogP contribution in [0.25, 0.3) is 16.2 Å². The number of methoxy groups -OCH3 is 2. The lowest BCUT2D eigenvalue weighted by Gasteiger charge is -2.30. The highest BCUT2D eigenvalue weighted by Crippen LogP contribution is 2.34. The summed E-state index contributed by atoms with van der Waals surface area (Å²) in [6.45, 7) is 5.61. The Bertz CT molecular complexity index is 1360. The van der Waals surface area contributed by atoms with Crippen LogP contribution < -0.4 is 9.47 Å². The number of fused-ring (bicyclic) bond motifs is 1. The molecule has 2 aromatic heterocycles. The largest absolute Gasteiger partial charge is 0.497 e. The lowest BCUT2D eigenvalue weighted by molar-refractivity contribution is -0.131. The number of aromatic nitrogens is 2. The Morgan fingerprint density at radius 1 is 1.05 bits per heavy atom. The molecule has 1 aliphatic heterocycles. The molecule has 0 saturated carbocycles. The molecule has 4 aromatic rings. The van der Waals surface area contributed by atoms with Crippen molar-refractivity contribution < 1.29 is 19.0 Å². The van der Waals surface area contributed by atoms with E-state index in [9.17, 15) is 4.79 Å². The third-order valence-electron chi connectivity index (χ3n) is 7.22. The molecule has 0 radical (unpaired) electrons. The summed E-state index contributed by atoms with van der Waals surface area (Å²) < 4.78 is 18.6. The normalized spacial score (nSPS) is 14.0. The minimum Gasteiger partial charge on any atom is -0.497 e. The van der Waals surface area contributed by atoms with E-state index in [2.05, 4.69) is 26.8 Å². The molecule has 1 amide bonds. The molecule has 0 spiro atoms. The van der Waals surface area contributed by atoms with Crippen molar-refractivity contribution in [2.75, 3.05) is 60.2 Å². The van der Waals surface area contributed by atoms with E-state index in [4.69, 9.17) is 19.2 Å². The van der Waals surface area contributed by atoms with Crippen LogP contribution in [-0.2, 0) is 22.4 Å². The average molecular weight is 549 g/mol. The Balaban J connectivity index is 1.29. The van der Waals surface area contributed by atoms with Crippen molar-refractivity contribution in [1.82, 2.24) is 19.2 Å². The van der Waals surface area contributed by atoms with Crippen molar-refractivity contribution in [3.8, 4) is 22.8 Å². The van der Waals surface area contributed by atoms with Crippen molar-refractivity contribution in [2.24, 2.45) is 0 Å². The summed E-state index contributed by atoms with van der Waals surface area (Å²) in [6, 6.07) is 16.0. The topological polar surface area (TPSA) is 68.5 Å². The van der Waals surface area contributed by atoms with Gasteiger partial charge in [-0.2, -0.15) is 0 Å². The molecule has 2 aromatic carbocycles. The highest BCUT2D eigenvalue weighted by molar-refractivity contribution is 7.15. The molecule has 8 nitrogen and oxygen atoms in total. The summed E-state index contributed by atoms with van der Waals surface area (Å²) >= 11 is 1.61. The van der Waals surface area contributed by atoms with Gasteiger partial charge in [0.2, 0.25) is 5.91 Å². The quantitative estimate of drug-likeness (QED) is 0.261. The molecule has 206 valence electrons. The van der Waals surface area contributed by atoms with Crippen molar-refractivity contribution in [3.63, 3.8) is 0 Å². The molecule has 9 heteroatoms. The monoisotopic (exact) mass is 548 g/mol. The highest BCUT2D eigenvalue weighted by Gasteiger charge is 2.19. The maximum Gasteiger partial charge on any atom is 0.222 e. The number of hydrogen-bond donors (Lipinski definition) is 0. The second-order valence-electron chi connectivity index (χ2n) is 9.64. The lowest BCUT2D eigenvalue weighted by Crippen LogP contribution is -2.43. The zero-order valence-corrected chi connectivity index (χ0v) is 23.5. The molecule has 0 bridgehead atoms. The van der Waals surface area contributed by atoms with Gasteiger partial charge in [0.15, 0.2) is 4.96 Å². The maximum absolute atomic E-state index is 13.4. The summed E-state index contributed by atoms with van der Waals surface area (Å²) in [5.74, 6) is 1.71. The van der Waals surface area contributed by atoms with Gasteiger partial charge in [0.25, 0.3) is 0 Å². The van der Waals surface area contributed by atoms with E-state index in [1.54, 1.807) is 25.6 Å². The van der Waals surface area contributed by atoms with E-state index < -0.39 is 0 Å². The van der Waals surface area contributed by atoms with Crippen LogP contribution in [0.15, 0.2) is 60.1 Å². The third-order valence-corrected chi connectivity index (χ3v) is 8.11. The molecule has 1 aliphatic rings. The van der Waals surface area contributed by atoms with Gasteiger partial charge in [-0.25, -0.2) is 4.98 Å². The van der Waals surface area contributed by atoms with Crippen molar-refractivity contribution in [2.45, 2.75) is 19.3 Å². The number of aryl methyl sites for hydroxylation is 1. The molecule has 5 rings (SSSR count). The molecular weight excluding hydrogens is 512 g/mol. The molecule has 1 saturated heterocycles. The zero-order valence-electron chi connectivity index (χ0n) is 22.7. The fraction of sp³-hybridized carbons (Fsp3) is 0.400. The van der Waals surface area contributed by atoms with Gasteiger partial charge in [0.1, 0.15) is 11.5 Å². The zero-order chi connectivity index (χ0) is 27.0. The second-order valence-corrected chi connectivity index (χ2v) is 10.5. The molecule has 0 unspecified atom stereocenters. The summed E-state index contributed by atoms with van der Waals surface area (Å²) in [7, 11) is 3.32. The van der Waals surface area contributed by atoms with Crippen molar-refractivity contribution >= 4 is 22.2 Å². The first kappa shape index (κ1) is 27.2. The number of carbonyl (C=O) groups excluding carboxylic acids is 1. The van der Waals surface area contributed by atoms with Crippen LogP contribution in [-0.4, -0.2) is 85.2 Å². The molecule has 39 heavy (non-hydrogen) atoms. The van der Waals surface area contributed by atoms with E-state index in [1.807, 2.05) is 47.5 Å². The third kappa shape index (κ3) is 6.79. The van der Waals surface area contributed by atoms with Gasteiger partial charge in [-0.1, -0.05) is 30.3 Å². The maximum atomic E-state index is 13.4. The van der Waals surface area contributed by atoms with Crippen LogP contribution in [0, 0.1) is 0 Å².